The van der Waals surface area contributed by atoms with Gasteiger partial charge in [0, 0.05) is 11.0 Å². The minimum atomic E-state index is -0.938. The molecule has 1 amide bonds. The Balaban J connectivity index is 1.45. The molecule has 4 aromatic rings. The second kappa shape index (κ2) is 10.3. The molecule has 0 bridgehead atoms. The number of amides is 1. The van der Waals surface area contributed by atoms with Crippen LogP contribution in [0.5, 0.6) is 0 Å². The predicted molar refractivity (Wildman–Crippen MR) is 161 cm³/mol. The first kappa shape index (κ1) is 26.5. The van der Waals surface area contributed by atoms with E-state index in [2.05, 4.69) is 60.7 Å². The van der Waals surface area contributed by atoms with Crippen LogP contribution in [0.4, 0.5) is 9.18 Å². The van der Waals surface area contributed by atoms with Crippen LogP contribution in [-0.4, -0.2) is 18.0 Å². The molecule has 2 N–H and O–H groups in total. The SMILES string of the molecule is CC1(C)c2ccc3c(c2=CC(C(=O)c2ccc(F)cc2)C1OC(N)=O)=CCc1cc(C=Cc2ccccc2)ccc1-3. The molecule has 2 aliphatic carbocycles. The molecular weight excluding hydrogens is 513 g/mol. The summed E-state index contributed by atoms with van der Waals surface area (Å²) >= 11 is 0. The van der Waals surface area contributed by atoms with Gasteiger partial charge < -0.3 is 10.5 Å². The number of nitrogens with two attached hydrogens (primary N) is 1. The number of rotatable bonds is 5. The smallest absolute Gasteiger partial charge is 0.404 e. The van der Waals surface area contributed by atoms with Crippen LogP contribution in [0, 0.1) is 11.7 Å². The Bertz CT molecular complexity index is 1820. The number of carbonyl (C=O) groups is 2. The molecule has 4 nitrogen and oxygen atoms in total. The summed E-state index contributed by atoms with van der Waals surface area (Å²) < 4.78 is 19.2. The van der Waals surface area contributed by atoms with Gasteiger partial charge in [-0.05, 0) is 74.5 Å². The second-order valence-corrected chi connectivity index (χ2v) is 11.2. The maximum atomic E-state index is 13.8. The van der Waals surface area contributed by atoms with Gasteiger partial charge in [-0.25, -0.2) is 9.18 Å². The summed E-state index contributed by atoms with van der Waals surface area (Å²) in [5.74, 6) is -1.47. The van der Waals surface area contributed by atoms with Crippen molar-refractivity contribution in [3.8, 4) is 11.1 Å². The molecule has 204 valence electrons. The number of ether oxygens (including phenoxy) is 1. The maximum Gasteiger partial charge on any atom is 0.404 e. The molecule has 6 rings (SSSR count). The zero-order valence-corrected chi connectivity index (χ0v) is 22.9. The van der Waals surface area contributed by atoms with Crippen molar-refractivity contribution in [2.75, 3.05) is 0 Å². The molecule has 0 saturated heterocycles. The molecule has 0 fully saturated rings. The van der Waals surface area contributed by atoms with Crippen LogP contribution in [0.3, 0.4) is 0 Å². The number of hydrogen-bond donors (Lipinski definition) is 1. The van der Waals surface area contributed by atoms with Gasteiger partial charge >= 0.3 is 6.09 Å². The molecule has 41 heavy (non-hydrogen) atoms. The molecule has 0 spiro atoms. The topological polar surface area (TPSA) is 69.4 Å². The normalized spacial score (nSPS) is 18.3. The number of carbonyl (C=O) groups excluding carboxylic acids is 2. The summed E-state index contributed by atoms with van der Waals surface area (Å²) in [5.41, 5.74) is 11.8. The highest BCUT2D eigenvalue weighted by Crippen LogP contribution is 2.38. The van der Waals surface area contributed by atoms with E-state index < -0.39 is 29.3 Å². The lowest BCUT2D eigenvalue weighted by molar-refractivity contribution is 0.0342. The lowest BCUT2D eigenvalue weighted by Crippen LogP contribution is -2.54. The first-order valence-corrected chi connectivity index (χ1v) is 13.7. The lowest BCUT2D eigenvalue weighted by atomic mass is 9.67. The van der Waals surface area contributed by atoms with Crippen molar-refractivity contribution in [3.05, 3.63) is 129 Å². The average Bonchev–Trinajstić information content (AvgIpc) is 2.97. The zero-order valence-electron chi connectivity index (χ0n) is 22.9. The van der Waals surface area contributed by atoms with Crippen molar-refractivity contribution in [1.82, 2.24) is 0 Å². The highest BCUT2D eigenvalue weighted by Gasteiger charge is 2.45. The molecular formula is C36H30FNO3. The van der Waals surface area contributed by atoms with E-state index in [1.54, 1.807) is 0 Å². The summed E-state index contributed by atoms with van der Waals surface area (Å²) in [4.78, 5) is 25.7. The molecule has 5 heteroatoms. The van der Waals surface area contributed by atoms with E-state index in [1.807, 2.05) is 38.1 Å². The van der Waals surface area contributed by atoms with Crippen molar-refractivity contribution >= 4 is 36.2 Å². The fourth-order valence-electron chi connectivity index (χ4n) is 6.18. The number of halogens is 1. The van der Waals surface area contributed by atoms with E-state index in [0.29, 0.717) is 5.56 Å². The van der Waals surface area contributed by atoms with Crippen LogP contribution in [0.1, 0.15) is 46.5 Å². The number of primary amides is 1. The summed E-state index contributed by atoms with van der Waals surface area (Å²) in [6.45, 7) is 3.93. The van der Waals surface area contributed by atoms with Crippen molar-refractivity contribution in [1.29, 1.82) is 0 Å². The molecule has 0 aromatic heterocycles. The quantitative estimate of drug-likeness (QED) is 0.247. The third-order valence-corrected chi connectivity index (χ3v) is 8.25. The highest BCUT2D eigenvalue weighted by atomic mass is 19.1. The van der Waals surface area contributed by atoms with Crippen LogP contribution in [-0.2, 0) is 16.6 Å². The molecule has 4 aromatic carbocycles. The van der Waals surface area contributed by atoms with Crippen molar-refractivity contribution in [2.24, 2.45) is 11.7 Å². The van der Waals surface area contributed by atoms with Gasteiger partial charge in [0.2, 0.25) is 0 Å². The van der Waals surface area contributed by atoms with Gasteiger partial charge in [-0.15, -0.1) is 0 Å². The van der Waals surface area contributed by atoms with E-state index in [-0.39, 0.29) is 5.78 Å². The summed E-state index contributed by atoms with van der Waals surface area (Å²) in [6.07, 6.45) is 7.33. The van der Waals surface area contributed by atoms with E-state index in [4.69, 9.17) is 10.5 Å². The summed E-state index contributed by atoms with van der Waals surface area (Å²) in [7, 11) is 0. The Morgan fingerprint density at radius 2 is 1.59 bits per heavy atom. The van der Waals surface area contributed by atoms with E-state index in [9.17, 15) is 14.0 Å². The summed E-state index contributed by atoms with van der Waals surface area (Å²) in [6, 6.07) is 26.3. The number of ketones is 1. The Labute approximate surface area is 238 Å². The minimum absolute atomic E-state index is 0.251. The highest BCUT2D eigenvalue weighted by molar-refractivity contribution is 6.02. The molecule has 0 aliphatic heterocycles. The van der Waals surface area contributed by atoms with E-state index in [1.165, 1.54) is 29.8 Å². The third-order valence-electron chi connectivity index (χ3n) is 8.25. The Morgan fingerprint density at radius 3 is 2.32 bits per heavy atom. The van der Waals surface area contributed by atoms with Crippen LogP contribution in [0.25, 0.3) is 35.4 Å². The number of hydrogen-bond acceptors (Lipinski definition) is 3. The van der Waals surface area contributed by atoms with Gasteiger partial charge in [0.05, 0.1) is 5.92 Å². The molecule has 0 radical (unpaired) electrons. The standard InChI is InChI=1S/C36H30FNO3/c1-36(2)32-19-18-28-27-16-10-23(9-8-22-6-4-3-5-7-22)20-25(27)13-17-29(28)30(32)21-31(34(36)41-35(38)40)33(39)24-11-14-26(37)15-12-24/h3-12,14-21,31,34H,13H2,1-2H3,(H2,38,40). The lowest BCUT2D eigenvalue weighted by Gasteiger charge is -2.41. The van der Waals surface area contributed by atoms with Crippen LogP contribution < -0.4 is 16.2 Å². The molecule has 2 atom stereocenters. The van der Waals surface area contributed by atoms with Gasteiger partial charge in [0.25, 0.3) is 0 Å². The Kier molecular flexibility index (Phi) is 6.66. The van der Waals surface area contributed by atoms with Crippen LogP contribution >= 0.6 is 0 Å². The number of Topliss-reactive ketones (excluding diaryl/α,β-unsaturated/α-hetero) is 1. The van der Waals surface area contributed by atoms with Crippen molar-refractivity contribution in [3.63, 3.8) is 0 Å². The van der Waals surface area contributed by atoms with Gasteiger partial charge in [-0.1, -0.05) is 98.8 Å². The average molecular weight is 544 g/mol. The zero-order chi connectivity index (χ0) is 28.7. The predicted octanol–water partition coefficient (Wildman–Crippen LogP) is 6.03. The number of fused-ring (bicyclic) bond motifs is 5. The largest absolute Gasteiger partial charge is 0.444 e. The molecule has 0 saturated carbocycles. The minimum Gasteiger partial charge on any atom is -0.444 e. The van der Waals surface area contributed by atoms with Crippen LogP contribution in [0.2, 0.25) is 0 Å². The fourth-order valence-corrected chi connectivity index (χ4v) is 6.18. The van der Waals surface area contributed by atoms with Crippen molar-refractivity contribution < 1.29 is 18.7 Å². The van der Waals surface area contributed by atoms with Gasteiger partial charge in [0.1, 0.15) is 11.9 Å². The van der Waals surface area contributed by atoms with Gasteiger partial charge in [-0.2, -0.15) is 0 Å². The summed E-state index contributed by atoms with van der Waals surface area (Å²) in [5, 5.41) is 2.01. The Hall–Kier alpha value is -4.77. The molecule has 0 heterocycles. The molecule has 2 aliphatic rings. The van der Waals surface area contributed by atoms with E-state index in [0.717, 1.165) is 44.7 Å². The van der Waals surface area contributed by atoms with Crippen LogP contribution in [0.15, 0.2) is 84.9 Å². The molecule has 2 unspecified atom stereocenters. The maximum absolute atomic E-state index is 13.8. The first-order valence-electron chi connectivity index (χ1n) is 13.7. The number of benzene rings is 4. The fraction of sp³-hybridized carbons (Fsp3) is 0.167. The first-order chi connectivity index (χ1) is 19.7. The Morgan fingerprint density at radius 1 is 0.878 bits per heavy atom. The van der Waals surface area contributed by atoms with Gasteiger partial charge in [-0.3, -0.25) is 4.79 Å². The van der Waals surface area contributed by atoms with E-state index >= 15 is 0 Å². The van der Waals surface area contributed by atoms with Gasteiger partial charge in [0.15, 0.2) is 5.78 Å². The monoisotopic (exact) mass is 543 g/mol. The third kappa shape index (κ3) is 4.89. The second-order valence-electron chi connectivity index (χ2n) is 11.2. The van der Waals surface area contributed by atoms with Crippen molar-refractivity contribution in [2.45, 2.75) is 31.8 Å².